The van der Waals surface area contributed by atoms with Crippen LogP contribution in [0.3, 0.4) is 0 Å². The summed E-state index contributed by atoms with van der Waals surface area (Å²) in [6.07, 6.45) is 8.75. The van der Waals surface area contributed by atoms with E-state index in [0.717, 1.165) is 18.5 Å². The number of aryl methyl sites for hydroxylation is 1. The molecule has 0 saturated carbocycles. The number of hydrogen-bond acceptors (Lipinski definition) is 2. The van der Waals surface area contributed by atoms with Crippen molar-refractivity contribution in [3.63, 3.8) is 0 Å². The maximum absolute atomic E-state index is 4.70. The fraction of sp³-hybridized carbons (Fsp3) is 0.462. The molecule has 1 aromatic rings. The molecular formula is C13H18N2S. The largest absolute Gasteiger partial charge is 0.354 e. The average Bonchev–Trinajstić information content (AvgIpc) is 2.58. The Morgan fingerprint density at radius 3 is 2.94 bits per heavy atom. The van der Waals surface area contributed by atoms with Crippen molar-refractivity contribution in [2.45, 2.75) is 25.7 Å². The third-order valence-electron chi connectivity index (χ3n) is 3.03. The molecule has 0 aliphatic carbocycles. The van der Waals surface area contributed by atoms with Gasteiger partial charge in [-0.2, -0.15) is 0 Å². The zero-order valence-electron chi connectivity index (χ0n) is 10.1. The maximum atomic E-state index is 4.70. The highest BCUT2D eigenvalue weighted by molar-refractivity contribution is 8.13. The van der Waals surface area contributed by atoms with E-state index in [2.05, 4.69) is 49.2 Å². The summed E-state index contributed by atoms with van der Waals surface area (Å²) in [5, 5.41) is 1.24. The molecule has 2 heterocycles. The molecule has 0 saturated heterocycles. The first-order valence-electron chi connectivity index (χ1n) is 5.63. The van der Waals surface area contributed by atoms with Crippen LogP contribution in [0.2, 0.25) is 0 Å². The Bertz CT molecular complexity index is 429. The summed E-state index contributed by atoms with van der Waals surface area (Å²) in [7, 11) is 2.11. The number of allylic oxidation sites excluding steroid dienone is 2. The summed E-state index contributed by atoms with van der Waals surface area (Å²) < 4.78 is 2.21. The standard InChI is InChI=1S/C13H18N2S/c1-10-6-4-7-11(13(14-10)16-3)12-8-5-9-15(12)2/h5-6,8-9,11H,4,7H2,1-3H3. The van der Waals surface area contributed by atoms with Crippen LogP contribution in [-0.4, -0.2) is 15.9 Å². The van der Waals surface area contributed by atoms with Gasteiger partial charge in [0.1, 0.15) is 0 Å². The van der Waals surface area contributed by atoms with Crippen LogP contribution in [0.4, 0.5) is 0 Å². The van der Waals surface area contributed by atoms with E-state index >= 15 is 0 Å². The molecule has 0 amide bonds. The molecule has 1 aliphatic rings. The number of thioether (sulfide) groups is 1. The third kappa shape index (κ3) is 2.24. The lowest BCUT2D eigenvalue weighted by atomic mass is 10.0. The molecule has 1 aromatic heterocycles. The van der Waals surface area contributed by atoms with E-state index in [9.17, 15) is 0 Å². The number of hydrogen-bond donors (Lipinski definition) is 0. The Kier molecular flexibility index (Phi) is 3.54. The van der Waals surface area contributed by atoms with Crippen molar-refractivity contribution in [1.29, 1.82) is 0 Å². The lowest BCUT2D eigenvalue weighted by molar-refractivity contribution is 0.721. The van der Waals surface area contributed by atoms with Crippen molar-refractivity contribution in [2.75, 3.05) is 6.26 Å². The van der Waals surface area contributed by atoms with Crippen LogP contribution in [0, 0.1) is 0 Å². The fourth-order valence-corrected chi connectivity index (χ4v) is 2.94. The van der Waals surface area contributed by atoms with Crippen molar-refractivity contribution >= 4 is 16.8 Å². The van der Waals surface area contributed by atoms with Gasteiger partial charge in [0.05, 0.1) is 5.04 Å². The molecule has 0 spiro atoms. The Balaban J connectivity index is 2.35. The second-order valence-electron chi connectivity index (χ2n) is 4.17. The summed E-state index contributed by atoms with van der Waals surface area (Å²) in [5.41, 5.74) is 2.53. The minimum Gasteiger partial charge on any atom is -0.354 e. The van der Waals surface area contributed by atoms with Crippen LogP contribution in [0.5, 0.6) is 0 Å². The highest BCUT2D eigenvalue weighted by Crippen LogP contribution is 2.30. The molecule has 2 nitrogen and oxygen atoms in total. The predicted molar refractivity (Wildman–Crippen MR) is 72.1 cm³/mol. The Morgan fingerprint density at radius 2 is 2.31 bits per heavy atom. The molecule has 3 heteroatoms. The van der Waals surface area contributed by atoms with Gasteiger partial charge in [-0.25, -0.2) is 0 Å². The van der Waals surface area contributed by atoms with Gasteiger partial charge in [0.25, 0.3) is 0 Å². The summed E-state index contributed by atoms with van der Waals surface area (Å²) in [5.74, 6) is 0.462. The van der Waals surface area contributed by atoms with Crippen molar-refractivity contribution in [2.24, 2.45) is 12.0 Å². The number of aromatic nitrogens is 1. The first kappa shape index (κ1) is 11.5. The van der Waals surface area contributed by atoms with Crippen molar-refractivity contribution in [3.05, 3.63) is 35.8 Å². The first-order valence-corrected chi connectivity index (χ1v) is 6.85. The van der Waals surface area contributed by atoms with Gasteiger partial charge in [0.15, 0.2) is 0 Å². The van der Waals surface area contributed by atoms with Gasteiger partial charge in [-0.1, -0.05) is 6.08 Å². The van der Waals surface area contributed by atoms with Gasteiger partial charge in [0, 0.05) is 30.6 Å². The topological polar surface area (TPSA) is 17.3 Å². The van der Waals surface area contributed by atoms with Gasteiger partial charge in [0.2, 0.25) is 0 Å². The molecular weight excluding hydrogens is 216 g/mol. The summed E-state index contributed by atoms with van der Waals surface area (Å²) in [6.45, 7) is 2.09. The first-order chi connectivity index (χ1) is 7.72. The Labute approximate surface area is 101 Å². The molecule has 0 N–H and O–H groups in total. The molecule has 2 rings (SSSR count). The SMILES string of the molecule is CSC1=NC(C)=CCCC1c1cccn1C. The smallest absolute Gasteiger partial charge is 0.0821 e. The second-order valence-corrected chi connectivity index (χ2v) is 5.00. The number of aliphatic imine (C=N–C) groups is 1. The fourth-order valence-electron chi connectivity index (χ4n) is 2.18. The third-order valence-corrected chi connectivity index (χ3v) is 3.82. The minimum atomic E-state index is 0.462. The van der Waals surface area contributed by atoms with Gasteiger partial charge >= 0.3 is 0 Å². The van der Waals surface area contributed by atoms with Crippen LogP contribution in [0.25, 0.3) is 0 Å². The molecule has 0 radical (unpaired) electrons. The monoisotopic (exact) mass is 234 g/mol. The molecule has 0 fully saturated rings. The molecule has 0 aromatic carbocycles. The Hall–Kier alpha value is -0.960. The molecule has 1 unspecified atom stereocenters. The van der Waals surface area contributed by atoms with Crippen LogP contribution >= 0.6 is 11.8 Å². The zero-order valence-corrected chi connectivity index (χ0v) is 10.9. The molecule has 16 heavy (non-hydrogen) atoms. The van der Waals surface area contributed by atoms with Gasteiger partial charge < -0.3 is 4.57 Å². The summed E-state index contributed by atoms with van der Waals surface area (Å²) in [6, 6.07) is 4.31. The minimum absolute atomic E-state index is 0.462. The van der Waals surface area contributed by atoms with Crippen LogP contribution in [0.1, 0.15) is 31.4 Å². The average molecular weight is 234 g/mol. The van der Waals surface area contributed by atoms with Gasteiger partial charge in [-0.3, -0.25) is 4.99 Å². The Morgan fingerprint density at radius 1 is 1.50 bits per heavy atom. The van der Waals surface area contributed by atoms with Crippen molar-refractivity contribution in [1.82, 2.24) is 4.57 Å². The van der Waals surface area contributed by atoms with Crippen LogP contribution in [0.15, 0.2) is 35.1 Å². The van der Waals surface area contributed by atoms with Crippen molar-refractivity contribution < 1.29 is 0 Å². The van der Waals surface area contributed by atoms with Crippen LogP contribution in [-0.2, 0) is 7.05 Å². The lowest BCUT2D eigenvalue weighted by Crippen LogP contribution is -2.12. The highest BCUT2D eigenvalue weighted by Gasteiger charge is 2.21. The summed E-state index contributed by atoms with van der Waals surface area (Å²) in [4.78, 5) is 4.70. The summed E-state index contributed by atoms with van der Waals surface area (Å²) >= 11 is 1.77. The molecule has 0 bridgehead atoms. The molecule has 86 valence electrons. The second kappa shape index (κ2) is 4.91. The zero-order chi connectivity index (χ0) is 11.5. The van der Waals surface area contributed by atoms with E-state index in [1.54, 1.807) is 11.8 Å². The quantitative estimate of drug-likeness (QED) is 0.726. The van der Waals surface area contributed by atoms with E-state index in [4.69, 9.17) is 4.99 Å². The molecule has 1 aliphatic heterocycles. The number of nitrogens with zero attached hydrogens (tertiary/aromatic N) is 2. The predicted octanol–water partition coefficient (Wildman–Crippen LogP) is 3.57. The van der Waals surface area contributed by atoms with Crippen molar-refractivity contribution in [3.8, 4) is 0 Å². The normalized spacial score (nSPS) is 21.3. The molecule has 1 atom stereocenters. The van der Waals surface area contributed by atoms with E-state index < -0.39 is 0 Å². The van der Waals surface area contributed by atoms with Gasteiger partial charge in [-0.05, 0) is 38.2 Å². The van der Waals surface area contributed by atoms with E-state index in [0.29, 0.717) is 5.92 Å². The number of rotatable bonds is 1. The van der Waals surface area contributed by atoms with Gasteiger partial charge in [-0.15, -0.1) is 11.8 Å². The maximum Gasteiger partial charge on any atom is 0.0821 e. The van der Waals surface area contributed by atoms with E-state index in [1.807, 2.05) is 0 Å². The highest BCUT2D eigenvalue weighted by atomic mass is 32.2. The van der Waals surface area contributed by atoms with Crippen LogP contribution < -0.4 is 0 Å². The van der Waals surface area contributed by atoms with E-state index in [-0.39, 0.29) is 0 Å². The van der Waals surface area contributed by atoms with E-state index in [1.165, 1.54) is 10.7 Å². The lowest BCUT2D eigenvalue weighted by Gasteiger charge is -2.17.